The van der Waals surface area contributed by atoms with E-state index < -0.39 is 5.97 Å². The molecule has 0 aromatic heterocycles. The first-order chi connectivity index (χ1) is 14.9. The summed E-state index contributed by atoms with van der Waals surface area (Å²) in [5.41, 5.74) is 2.26. The maximum Gasteiger partial charge on any atom is 0.340 e. The molecule has 0 aliphatic carbocycles. The number of carbonyl (C=O) groups is 2. The van der Waals surface area contributed by atoms with Crippen LogP contribution in [0.15, 0.2) is 59.3 Å². The Morgan fingerprint density at radius 1 is 1.00 bits per heavy atom. The van der Waals surface area contributed by atoms with Crippen LogP contribution in [0.25, 0.3) is 6.08 Å². The predicted molar refractivity (Wildman–Crippen MR) is 117 cm³/mol. The largest absolute Gasteiger partial charge is 0.497 e. The van der Waals surface area contributed by atoms with Crippen molar-refractivity contribution < 1.29 is 28.5 Å². The van der Waals surface area contributed by atoms with E-state index in [9.17, 15) is 9.59 Å². The molecule has 162 valence electrons. The second-order valence-corrected chi connectivity index (χ2v) is 6.69. The molecule has 0 saturated heterocycles. The Morgan fingerprint density at radius 2 is 1.71 bits per heavy atom. The standard InChI is InChI=1S/C24H25NO6/c1-6-31-20-12-7-16(14-21(20)29-4)13-19-22(24(27)30-5)15(2)25(23(19)26)17-8-10-18(28-3)11-9-17/h7-14H,6H2,1-5H3/b19-13-. The molecule has 0 spiro atoms. The van der Waals surface area contributed by atoms with Crippen molar-refractivity contribution >= 4 is 23.6 Å². The number of rotatable bonds is 7. The number of methoxy groups -OCH3 is 3. The van der Waals surface area contributed by atoms with E-state index in [1.54, 1.807) is 69.7 Å². The van der Waals surface area contributed by atoms with Crippen molar-refractivity contribution in [2.45, 2.75) is 13.8 Å². The van der Waals surface area contributed by atoms with Gasteiger partial charge in [0.15, 0.2) is 11.5 Å². The van der Waals surface area contributed by atoms with Crippen LogP contribution in [-0.4, -0.2) is 39.8 Å². The van der Waals surface area contributed by atoms with E-state index in [-0.39, 0.29) is 17.1 Å². The number of hydrogen-bond donors (Lipinski definition) is 0. The highest BCUT2D eigenvalue weighted by Crippen LogP contribution is 2.37. The average molecular weight is 423 g/mol. The van der Waals surface area contributed by atoms with Gasteiger partial charge in [-0.2, -0.15) is 0 Å². The maximum atomic E-state index is 13.4. The lowest BCUT2D eigenvalue weighted by Gasteiger charge is -2.18. The Hall–Kier alpha value is -3.74. The summed E-state index contributed by atoms with van der Waals surface area (Å²) >= 11 is 0. The lowest BCUT2D eigenvalue weighted by Crippen LogP contribution is -2.24. The highest BCUT2D eigenvalue weighted by molar-refractivity contribution is 6.23. The van der Waals surface area contributed by atoms with Crippen molar-refractivity contribution in [1.82, 2.24) is 0 Å². The van der Waals surface area contributed by atoms with Crippen LogP contribution in [0.2, 0.25) is 0 Å². The van der Waals surface area contributed by atoms with Gasteiger partial charge in [0.05, 0.1) is 39.1 Å². The van der Waals surface area contributed by atoms with Crippen molar-refractivity contribution in [3.63, 3.8) is 0 Å². The van der Waals surface area contributed by atoms with E-state index in [4.69, 9.17) is 18.9 Å². The van der Waals surface area contributed by atoms with Gasteiger partial charge in [-0.1, -0.05) is 6.07 Å². The fourth-order valence-corrected chi connectivity index (χ4v) is 3.44. The maximum absolute atomic E-state index is 13.4. The Morgan fingerprint density at radius 3 is 2.29 bits per heavy atom. The number of ether oxygens (including phenoxy) is 4. The summed E-state index contributed by atoms with van der Waals surface area (Å²) in [6, 6.07) is 12.4. The summed E-state index contributed by atoms with van der Waals surface area (Å²) in [5.74, 6) is 0.906. The zero-order valence-electron chi connectivity index (χ0n) is 18.2. The number of hydrogen-bond acceptors (Lipinski definition) is 6. The summed E-state index contributed by atoms with van der Waals surface area (Å²) in [4.78, 5) is 27.4. The van der Waals surface area contributed by atoms with Crippen LogP contribution < -0.4 is 19.1 Å². The van der Waals surface area contributed by atoms with Crippen molar-refractivity contribution in [2.75, 3.05) is 32.8 Å². The lowest BCUT2D eigenvalue weighted by molar-refractivity contribution is -0.136. The first-order valence-electron chi connectivity index (χ1n) is 9.75. The fraction of sp³-hybridized carbons (Fsp3) is 0.250. The Labute approximate surface area is 181 Å². The number of allylic oxidation sites excluding steroid dienone is 1. The van der Waals surface area contributed by atoms with Gasteiger partial charge >= 0.3 is 5.97 Å². The van der Waals surface area contributed by atoms with Crippen LogP contribution in [0, 0.1) is 0 Å². The molecule has 0 N–H and O–H groups in total. The molecule has 1 heterocycles. The van der Waals surface area contributed by atoms with Gasteiger partial charge in [0.25, 0.3) is 5.91 Å². The number of nitrogens with zero attached hydrogens (tertiary/aromatic N) is 1. The third kappa shape index (κ3) is 4.26. The molecule has 0 fully saturated rings. The molecule has 1 aliphatic heterocycles. The third-order valence-corrected chi connectivity index (χ3v) is 4.92. The molecule has 2 aromatic rings. The highest BCUT2D eigenvalue weighted by atomic mass is 16.5. The molecule has 2 aromatic carbocycles. The van der Waals surface area contributed by atoms with E-state index in [0.717, 1.165) is 0 Å². The summed E-state index contributed by atoms with van der Waals surface area (Å²) in [5, 5.41) is 0. The van der Waals surface area contributed by atoms with Gasteiger partial charge in [0.2, 0.25) is 0 Å². The molecule has 0 atom stereocenters. The molecule has 0 bridgehead atoms. The fourth-order valence-electron chi connectivity index (χ4n) is 3.44. The predicted octanol–water partition coefficient (Wildman–Crippen LogP) is 3.98. The third-order valence-electron chi connectivity index (χ3n) is 4.92. The van der Waals surface area contributed by atoms with E-state index in [0.29, 0.717) is 40.8 Å². The van der Waals surface area contributed by atoms with Gasteiger partial charge in [-0.15, -0.1) is 0 Å². The molecule has 0 saturated carbocycles. The highest BCUT2D eigenvalue weighted by Gasteiger charge is 2.37. The van der Waals surface area contributed by atoms with Crippen molar-refractivity contribution in [3.8, 4) is 17.2 Å². The molecule has 31 heavy (non-hydrogen) atoms. The first kappa shape index (κ1) is 22.0. The summed E-state index contributed by atoms with van der Waals surface area (Å²) in [6.07, 6.45) is 1.65. The van der Waals surface area contributed by atoms with Crippen LogP contribution in [-0.2, 0) is 14.3 Å². The van der Waals surface area contributed by atoms with Crippen LogP contribution in [0.4, 0.5) is 5.69 Å². The van der Waals surface area contributed by atoms with Crippen molar-refractivity contribution in [3.05, 3.63) is 64.9 Å². The lowest BCUT2D eigenvalue weighted by atomic mass is 10.0. The van der Waals surface area contributed by atoms with Crippen LogP contribution >= 0.6 is 0 Å². The number of esters is 1. The quantitative estimate of drug-likeness (QED) is 0.495. The van der Waals surface area contributed by atoms with Gasteiger partial charge < -0.3 is 18.9 Å². The van der Waals surface area contributed by atoms with E-state index >= 15 is 0 Å². The topological polar surface area (TPSA) is 74.3 Å². The number of benzene rings is 2. The summed E-state index contributed by atoms with van der Waals surface area (Å²) < 4.78 is 21.1. The van der Waals surface area contributed by atoms with Gasteiger partial charge in [-0.05, 0) is 61.9 Å². The molecule has 0 unspecified atom stereocenters. The molecular weight excluding hydrogens is 398 g/mol. The first-order valence-corrected chi connectivity index (χ1v) is 9.75. The van der Waals surface area contributed by atoms with Crippen LogP contribution in [0.3, 0.4) is 0 Å². The van der Waals surface area contributed by atoms with Crippen molar-refractivity contribution in [1.29, 1.82) is 0 Å². The minimum Gasteiger partial charge on any atom is -0.497 e. The number of anilines is 1. The molecule has 7 heteroatoms. The summed E-state index contributed by atoms with van der Waals surface area (Å²) in [6.45, 7) is 4.10. The van der Waals surface area contributed by atoms with Crippen molar-refractivity contribution in [2.24, 2.45) is 0 Å². The molecule has 0 radical (unpaired) electrons. The Kier molecular flexibility index (Phi) is 6.65. The van der Waals surface area contributed by atoms with Gasteiger partial charge in [-0.25, -0.2) is 4.79 Å². The Balaban J connectivity index is 2.08. The summed E-state index contributed by atoms with van der Waals surface area (Å²) in [7, 11) is 4.41. The van der Waals surface area contributed by atoms with E-state index in [2.05, 4.69) is 0 Å². The average Bonchev–Trinajstić information content (AvgIpc) is 3.03. The molecule has 1 aliphatic rings. The molecule has 7 nitrogen and oxygen atoms in total. The van der Waals surface area contributed by atoms with Crippen LogP contribution in [0.1, 0.15) is 19.4 Å². The monoisotopic (exact) mass is 423 g/mol. The van der Waals surface area contributed by atoms with Gasteiger partial charge in [0.1, 0.15) is 5.75 Å². The zero-order valence-corrected chi connectivity index (χ0v) is 18.2. The van der Waals surface area contributed by atoms with Gasteiger partial charge in [-0.3, -0.25) is 9.69 Å². The number of amides is 1. The SMILES string of the molecule is CCOc1ccc(/C=C2\C(=O)N(c3ccc(OC)cc3)C(C)=C2C(=O)OC)cc1OC. The van der Waals surface area contributed by atoms with E-state index in [1.807, 2.05) is 6.92 Å². The zero-order chi connectivity index (χ0) is 22.5. The molecular formula is C24H25NO6. The second-order valence-electron chi connectivity index (χ2n) is 6.69. The Bertz CT molecular complexity index is 1050. The minimum atomic E-state index is -0.578. The number of carbonyl (C=O) groups excluding carboxylic acids is 2. The minimum absolute atomic E-state index is 0.219. The smallest absolute Gasteiger partial charge is 0.340 e. The van der Waals surface area contributed by atoms with Crippen LogP contribution in [0.5, 0.6) is 17.2 Å². The van der Waals surface area contributed by atoms with E-state index in [1.165, 1.54) is 12.0 Å². The van der Waals surface area contributed by atoms with Gasteiger partial charge in [0, 0.05) is 11.4 Å². The molecule has 1 amide bonds. The normalized spacial score (nSPS) is 14.8. The second kappa shape index (κ2) is 9.38. The molecule has 3 rings (SSSR count).